The van der Waals surface area contributed by atoms with Crippen molar-refractivity contribution >= 4 is 16.3 Å². The lowest BCUT2D eigenvalue weighted by molar-refractivity contribution is 0.112. The van der Waals surface area contributed by atoms with Crippen molar-refractivity contribution in [2.45, 2.75) is 4.90 Å². The van der Waals surface area contributed by atoms with Crippen LogP contribution in [0.4, 0.5) is 4.39 Å². The minimum atomic E-state index is -3.85. The van der Waals surface area contributed by atoms with Crippen LogP contribution in [0.5, 0.6) is 0 Å². The van der Waals surface area contributed by atoms with Crippen LogP contribution in [0.2, 0.25) is 0 Å². The van der Waals surface area contributed by atoms with E-state index in [0.717, 1.165) is 12.1 Å². The minimum absolute atomic E-state index is 0.111. The highest BCUT2D eigenvalue weighted by Gasteiger charge is 2.17. The van der Waals surface area contributed by atoms with Crippen LogP contribution in [0.3, 0.4) is 0 Å². The van der Waals surface area contributed by atoms with Gasteiger partial charge >= 0.3 is 0 Å². The van der Waals surface area contributed by atoms with Crippen LogP contribution < -0.4 is 4.72 Å². The van der Waals surface area contributed by atoms with Gasteiger partial charge in [0, 0.05) is 5.56 Å². The van der Waals surface area contributed by atoms with E-state index < -0.39 is 20.7 Å². The number of rotatable bonds is 3. The summed E-state index contributed by atoms with van der Waals surface area (Å²) >= 11 is 0. The second kappa shape index (κ2) is 3.85. The Kier molecular flexibility index (Phi) is 2.97. The predicted molar refractivity (Wildman–Crippen MR) is 48.0 cm³/mol. The van der Waals surface area contributed by atoms with Gasteiger partial charge in [0.15, 0.2) is 0 Å². The topological polar surface area (TPSA) is 63.2 Å². The Labute approximate surface area is 80.8 Å². The van der Waals surface area contributed by atoms with Gasteiger partial charge in [-0.3, -0.25) is 4.79 Å². The molecule has 0 fully saturated rings. The Balaban J connectivity index is 3.40. The van der Waals surface area contributed by atoms with E-state index >= 15 is 0 Å². The quantitative estimate of drug-likeness (QED) is 0.752. The monoisotopic (exact) mass is 217 g/mol. The number of sulfonamides is 1. The molecule has 0 aliphatic rings. The van der Waals surface area contributed by atoms with E-state index in [1.807, 2.05) is 4.72 Å². The fourth-order valence-electron chi connectivity index (χ4n) is 0.909. The van der Waals surface area contributed by atoms with Gasteiger partial charge in [-0.15, -0.1) is 0 Å². The average molecular weight is 217 g/mol. The molecule has 1 rings (SSSR count). The third kappa shape index (κ3) is 1.97. The molecule has 0 aliphatic carbocycles. The SMILES string of the molecule is CNS(=O)(=O)c1cc(C=O)ccc1F. The number of aldehydes is 1. The molecule has 1 aromatic carbocycles. The lowest BCUT2D eigenvalue weighted by Crippen LogP contribution is -2.20. The van der Waals surface area contributed by atoms with Gasteiger partial charge in [-0.2, -0.15) is 0 Å². The zero-order valence-electron chi connectivity index (χ0n) is 7.32. The molecule has 0 saturated carbocycles. The molecule has 0 amide bonds. The molecule has 0 saturated heterocycles. The van der Waals surface area contributed by atoms with E-state index in [-0.39, 0.29) is 5.56 Å². The normalized spacial score (nSPS) is 11.3. The minimum Gasteiger partial charge on any atom is -0.298 e. The zero-order valence-corrected chi connectivity index (χ0v) is 8.14. The lowest BCUT2D eigenvalue weighted by atomic mass is 10.2. The first-order valence-electron chi connectivity index (χ1n) is 3.69. The van der Waals surface area contributed by atoms with Crippen molar-refractivity contribution in [1.29, 1.82) is 0 Å². The van der Waals surface area contributed by atoms with Gasteiger partial charge in [-0.1, -0.05) is 0 Å². The molecule has 6 heteroatoms. The molecule has 0 bridgehead atoms. The number of carbonyl (C=O) groups excluding carboxylic acids is 1. The molecule has 0 heterocycles. The smallest absolute Gasteiger partial charge is 0.243 e. The van der Waals surface area contributed by atoms with E-state index in [1.54, 1.807) is 0 Å². The summed E-state index contributed by atoms with van der Waals surface area (Å²) in [6.07, 6.45) is 0.452. The van der Waals surface area contributed by atoms with Crippen LogP contribution in [0.1, 0.15) is 10.4 Å². The van der Waals surface area contributed by atoms with Crippen LogP contribution >= 0.6 is 0 Å². The second-order valence-corrected chi connectivity index (χ2v) is 4.37. The summed E-state index contributed by atoms with van der Waals surface area (Å²) in [5, 5.41) is 0. The van der Waals surface area contributed by atoms with Crippen molar-refractivity contribution in [3.05, 3.63) is 29.6 Å². The van der Waals surface area contributed by atoms with Gasteiger partial charge in [0.1, 0.15) is 17.0 Å². The van der Waals surface area contributed by atoms with E-state index in [4.69, 9.17) is 0 Å². The van der Waals surface area contributed by atoms with Crippen molar-refractivity contribution in [3.63, 3.8) is 0 Å². The van der Waals surface area contributed by atoms with Gasteiger partial charge in [0.2, 0.25) is 10.0 Å². The molecular weight excluding hydrogens is 209 g/mol. The second-order valence-electron chi connectivity index (χ2n) is 2.52. The number of nitrogens with one attached hydrogen (secondary N) is 1. The van der Waals surface area contributed by atoms with Crippen molar-refractivity contribution in [2.75, 3.05) is 7.05 Å². The van der Waals surface area contributed by atoms with E-state index in [0.29, 0.717) is 6.29 Å². The van der Waals surface area contributed by atoms with Gasteiger partial charge in [-0.25, -0.2) is 17.5 Å². The maximum atomic E-state index is 13.1. The Hall–Kier alpha value is -1.27. The van der Waals surface area contributed by atoms with Crippen molar-refractivity contribution in [3.8, 4) is 0 Å². The summed E-state index contributed by atoms with van der Waals surface area (Å²) in [4.78, 5) is 9.82. The molecule has 0 aromatic heterocycles. The molecule has 1 aromatic rings. The molecule has 0 aliphatic heterocycles. The molecule has 0 unspecified atom stereocenters. The lowest BCUT2D eigenvalue weighted by Gasteiger charge is -2.03. The number of benzene rings is 1. The first kappa shape index (κ1) is 10.8. The summed E-state index contributed by atoms with van der Waals surface area (Å²) in [7, 11) is -2.68. The Morgan fingerprint density at radius 1 is 1.43 bits per heavy atom. The molecule has 1 N–H and O–H groups in total. The maximum Gasteiger partial charge on any atom is 0.243 e. The van der Waals surface area contributed by atoms with Crippen molar-refractivity contribution in [1.82, 2.24) is 4.72 Å². The fourth-order valence-corrected chi connectivity index (χ4v) is 1.75. The highest BCUT2D eigenvalue weighted by atomic mass is 32.2. The first-order valence-corrected chi connectivity index (χ1v) is 5.18. The summed E-state index contributed by atoms with van der Waals surface area (Å²) in [5.74, 6) is -0.884. The molecule has 4 nitrogen and oxygen atoms in total. The van der Waals surface area contributed by atoms with Gasteiger partial charge in [0.25, 0.3) is 0 Å². The van der Waals surface area contributed by atoms with Gasteiger partial charge < -0.3 is 0 Å². The van der Waals surface area contributed by atoms with Crippen molar-refractivity contribution < 1.29 is 17.6 Å². The van der Waals surface area contributed by atoms with Crippen LogP contribution in [0, 0.1) is 5.82 Å². The van der Waals surface area contributed by atoms with Crippen LogP contribution in [-0.2, 0) is 10.0 Å². The summed E-state index contributed by atoms with van der Waals surface area (Å²) in [5.41, 5.74) is 0.111. The number of carbonyl (C=O) groups is 1. The Bertz CT molecular complexity index is 456. The van der Waals surface area contributed by atoms with E-state index in [1.165, 1.54) is 13.1 Å². The van der Waals surface area contributed by atoms with Crippen LogP contribution in [0.15, 0.2) is 23.1 Å². The largest absolute Gasteiger partial charge is 0.298 e. The number of hydrogen-bond donors (Lipinski definition) is 1. The van der Waals surface area contributed by atoms with E-state index in [2.05, 4.69) is 0 Å². The fraction of sp³-hybridized carbons (Fsp3) is 0.125. The predicted octanol–water partition coefficient (Wildman–Crippen LogP) is 0.546. The van der Waals surface area contributed by atoms with Gasteiger partial charge in [0.05, 0.1) is 0 Å². The first-order chi connectivity index (χ1) is 6.51. The average Bonchev–Trinajstić information content (AvgIpc) is 2.18. The molecule has 0 spiro atoms. The third-order valence-corrected chi connectivity index (χ3v) is 3.08. The highest BCUT2D eigenvalue weighted by molar-refractivity contribution is 7.89. The zero-order chi connectivity index (χ0) is 10.8. The summed E-state index contributed by atoms with van der Waals surface area (Å²) < 4.78 is 37.5. The molecule has 0 atom stereocenters. The third-order valence-electron chi connectivity index (χ3n) is 1.65. The number of halogens is 1. The number of hydrogen-bond acceptors (Lipinski definition) is 3. The van der Waals surface area contributed by atoms with Crippen LogP contribution in [-0.4, -0.2) is 21.8 Å². The maximum absolute atomic E-state index is 13.1. The Morgan fingerprint density at radius 2 is 2.07 bits per heavy atom. The molecule has 14 heavy (non-hydrogen) atoms. The summed E-state index contributed by atoms with van der Waals surface area (Å²) in [6.45, 7) is 0. The van der Waals surface area contributed by atoms with E-state index in [9.17, 15) is 17.6 Å². The van der Waals surface area contributed by atoms with Gasteiger partial charge in [-0.05, 0) is 25.2 Å². The summed E-state index contributed by atoms with van der Waals surface area (Å²) in [6, 6.07) is 3.12. The Morgan fingerprint density at radius 3 is 2.57 bits per heavy atom. The molecular formula is C8H8FNO3S. The standard InChI is InChI=1S/C8H8FNO3S/c1-10-14(12,13)8-4-6(5-11)2-3-7(8)9/h2-5,10H,1H3. The van der Waals surface area contributed by atoms with Crippen molar-refractivity contribution in [2.24, 2.45) is 0 Å². The molecule has 76 valence electrons. The highest BCUT2D eigenvalue weighted by Crippen LogP contribution is 2.14. The molecule has 0 radical (unpaired) electrons. The van der Waals surface area contributed by atoms with Crippen LogP contribution in [0.25, 0.3) is 0 Å².